The van der Waals surface area contributed by atoms with Crippen molar-refractivity contribution in [2.75, 3.05) is 0 Å². The van der Waals surface area contributed by atoms with Crippen LogP contribution in [0.1, 0.15) is 9.75 Å². The van der Waals surface area contributed by atoms with E-state index < -0.39 is 0 Å². The molecule has 0 saturated heterocycles. The summed E-state index contributed by atoms with van der Waals surface area (Å²) in [4.78, 5) is 5.43. The molecule has 36 heavy (non-hydrogen) atoms. The molecule has 172 valence electrons. The first kappa shape index (κ1) is 21.1. The van der Waals surface area contributed by atoms with Gasteiger partial charge in [-0.3, -0.25) is 0 Å². The Balaban J connectivity index is 1.21. The van der Waals surface area contributed by atoms with Gasteiger partial charge in [-0.25, -0.2) is 0 Å². The van der Waals surface area contributed by atoms with Crippen LogP contribution in [0.2, 0.25) is 0 Å². The molecule has 8 aromatic rings. The largest absolute Gasteiger partial charge is 0.141 e. The fraction of sp³-hybridized carbons (Fsp3) is 0.0625. The van der Waals surface area contributed by atoms with Gasteiger partial charge in [0.25, 0.3) is 0 Å². The topological polar surface area (TPSA) is 0 Å². The smallest absolute Gasteiger partial charge is 0.0356 e. The minimum atomic E-state index is 1.29. The van der Waals surface area contributed by atoms with Crippen LogP contribution in [0, 0.1) is 13.8 Å². The van der Waals surface area contributed by atoms with E-state index in [0.29, 0.717) is 0 Å². The van der Waals surface area contributed by atoms with Crippen molar-refractivity contribution >= 4 is 96.5 Å². The third kappa shape index (κ3) is 3.22. The number of hydrogen-bond acceptors (Lipinski definition) is 4. The Morgan fingerprint density at radius 1 is 0.389 bits per heavy atom. The molecular formula is C32H20S4. The van der Waals surface area contributed by atoms with Crippen LogP contribution in [0.4, 0.5) is 0 Å². The Morgan fingerprint density at radius 3 is 1.22 bits per heavy atom. The maximum absolute atomic E-state index is 2.38. The molecule has 0 aliphatic carbocycles. The Morgan fingerprint density at radius 2 is 0.778 bits per heavy atom. The average Bonchev–Trinajstić information content (AvgIpc) is 3.65. The third-order valence-corrected chi connectivity index (χ3v) is 11.4. The van der Waals surface area contributed by atoms with Crippen LogP contribution >= 0.6 is 45.3 Å². The van der Waals surface area contributed by atoms with E-state index in [1.54, 1.807) is 0 Å². The van der Waals surface area contributed by atoms with Crippen LogP contribution in [0.25, 0.3) is 72.0 Å². The molecule has 0 bridgehead atoms. The highest BCUT2D eigenvalue weighted by Gasteiger charge is 2.12. The Bertz CT molecular complexity index is 1970. The van der Waals surface area contributed by atoms with E-state index in [0.717, 1.165) is 0 Å². The van der Waals surface area contributed by atoms with Gasteiger partial charge in [0.2, 0.25) is 0 Å². The molecule has 0 fully saturated rings. The van der Waals surface area contributed by atoms with Crippen LogP contribution in [-0.2, 0) is 0 Å². The first-order valence-electron chi connectivity index (χ1n) is 12.0. The van der Waals surface area contributed by atoms with Crippen LogP contribution in [-0.4, -0.2) is 0 Å². The van der Waals surface area contributed by atoms with Gasteiger partial charge >= 0.3 is 0 Å². The van der Waals surface area contributed by atoms with Crippen molar-refractivity contribution in [2.24, 2.45) is 0 Å². The maximum Gasteiger partial charge on any atom is 0.0356 e. The van der Waals surface area contributed by atoms with E-state index in [1.807, 2.05) is 45.3 Å². The Hall–Kier alpha value is -3.02. The molecule has 0 aliphatic heterocycles. The van der Waals surface area contributed by atoms with Gasteiger partial charge in [-0.1, -0.05) is 24.3 Å². The van der Waals surface area contributed by atoms with Gasteiger partial charge in [0.15, 0.2) is 0 Å². The van der Waals surface area contributed by atoms with Crippen LogP contribution in [0.3, 0.4) is 0 Å². The first-order valence-corrected chi connectivity index (χ1v) is 15.3. The molecule has 0 nitrogen and oxygen atoms in total. The summed E-state index contributed by atoms with van der Waals surface area (Å²) in [6.45, 7) is 4.40. The van der Waals surface area contributed by atoms with Crippen LogP contribution < -0.4 is 0 Å². The van der Waals surface area contributed by atoms with Gasteiger partial charge < -0.3 is 0 Å². The zero-order chi connectivity index (χ0) is 24.0. The molecule has 0 saturated carbocycles. The standard InChI is InChI=1S/C32H20S4/c1-17-11-23-25-15-31(35-29(25)9-7-27(23)33-17)21-5-3-20-14-22(6-4-19(20)13-21)32-16-26-24-12-18(2)34-28(24)8-10-30(26)36-32/h3-16H,1-2H3. The van der Waals surface area contributed by atoms with Gasteiger partial charge in [0.05, 0.1) is 0 Å². The second kappa shape index (κ2) is 7.74. The molecule has 0 N–H and O–H groups in total. The SMILES string of the molecule is Cc1cc2c(ccc3sc(-c4ccc5cc(-c6cc7c(ccc8sc(C)cc87)s6)ccc5c4)cc32)s1. The molecule has 0 amide bonds. The molecule has 0 radical (unpaired) electrons. The van der Waals surface area contributed by atoms with E-state index >= 15 is 0 Å². The molecule has 4 aromatic heterocycles. The molecule has 0 spiro atoms. The Kier molecular flexibility index (Phi) is 4.54. The summed E-state index contributed by atoms with van der Waals surface area (Å²) in [5.74, 6) is 0. The van der Waals surface area contributed by atoms with Crippen LogP contribution in [0.5, 0.6) is 0 Å². The number of thiophene rings is 4. The lowest BCUT2D eigenvalue weighted by atomic mass is 10.0. The summed E-state index contributed by atoms with van der Waals surface area (Å²) < 4.78 is 5.49. The minimum absolute atomic E-state index is 1.29. The number of hydrogen-bond donors (Lipinski definition) is 0. The van der Waals surface area contributed by atoms with E-state index in [-0.39, 0.29) is 0 Å². The number of benzene rings is 4. The van der Waals surface area contributed by atoms with E-state index in [2.05, 4.69) is 98.8 Å². The van der Waals surface area contributed by atoms with Crippen molar-refractivity contribution < 1.29 is 0 Å². The summed E-state index contributed by atoms with van der Waals surface area (Å²) >= 11 is 7.55. The van der Waals surface area contributed by atoms with E-state index in [1.165, 1.54) is 81.8 Å². The molecule has 4 aromatic carbocycles. The van der Waals surface area contributed by atoms with Crippen molar-refractivity contribution in [3.63, 3.8) is 0 Å². The lowest BCUT2D eigenvalue weighted by Crippen LogP contribution is -1.78. The zero-order valence-corrected chi connectivity index (χ0v) is 23.0. The summed E-state index contributed by atoms with van der Waals surface area (Å²) in [7, 11) is 0. The molecule has 0 unspecified atom stereocenters. The van der Waals surface area contributed by atoms with E-state index in [4.69, 9.17) is 0 Å². The molecule has 8 rings (SSSR count). The van der Waals surface area contributed by atoms with Crippen molar-refractivity contribution in [3.8, 4) is 20.9 Å². The first-order chi connectivity index (χ1) is 17.6. The highest BCUT2D eigenvalue weighted by atomic mass is 32.1. The number of aryl methyl sites for hydroxylation is 2. The molecule has 4 heteroatoms. The van der Waals surface area contributed by atoms with Gasteiger partial charge in [-0.15, -0.1) is 45.3 Å². The quantitative estimate of drug-likeness (QED) is 0.208. The highest BCUT2D eigenvalue weighted by molar-refractivity contribution is 7.23. The van der Waals surface area contributed by atoms with Crippen LogP contribution in [0.15, 0.2) is 84.9 Å². The molecule has 0 aliphatic rings. The van der Waals surface area contributed by atoms with Gasteiger partial charge in [-0.05, 0) is 96.4 Å². The molecule has 0 atom stereocenters. The zero-order valence-electron chi connectivity index (χ0n) is 19.7. The third-order valence-electron chi connectivity index (χ3n) is 7.05. The van der Waals surface area contributed by atoms with E-state index in [9.17, 15) is 0 Å². The predicted octanol–water partition coefficient (Wildman–Crippen LogP) is 11.6. The molecule has 4 heterocycles. The van der Waals surface area contributed by atoms with Crippen molar-refractivity contribution in [1.29, 1.82) is 0 Å². The summed E-state index contributed by atoms with van der Waals surface area (Å²) in [5.41, 5.74) is 2.60. The van der Waals surface area contributed by atoms with Crippen molar-refractivity contribution in [2.45, 2.75) is 13.8 Å². The maximum atomic E-state index is 2.38. The van der Waals surface area contributed by atoms with Crippen molar-refractivity contribution in [1.82, 2.24) is 0 Å². The fourth-order valence-electron chi connectivity index (χ4n) is 5.35. The normalized spacial score (nSPS) is 12.2. The Labute approximate surface area is 224 Å². The lowest BCUT2D eigenvalue weighted by Gasteiger charge is -2.04. The number of rotatable bonds is 2. The predicted molar refractivity (Wildman–Crippen MR) is 166 cm³/mol. The number of fused-ring (bicyclic) bond motifs is 7. The summed E-state index contributed by atoms with van der Waals surface area (Å²) in [6.07, 6.45) is 0. The average molecular weight is 533 g/mol. The highest BCUT2D eigenvalue weighted by Crippen LogP contribution is 2.42. The van der Waals surface area contributed by atoms with Gasteiger partial charge in [0.1, 0.15) is 0 Å². The minimum Gasteiger partial charge on any atom is -0.141 e. The van der Waals surface area contributed by atoms with Gasteiger partial charge in [0, 0.05) is 59.9 Å². The summed E-state index contributed by atoms with van der Waals surface area (Å²) in [5, 5.41) is 8.13. The van der Waals surface area contributed by atoms with Crippen molar-refractivity contribution in [3.05, 3.63) is 94.7 Å². The second-order valence-electron chi connectivity index (χ2n) is 9.49. The van der Waals surface area contributed by atoms with Gasteiger partial charge in [-0.2, -0.15) is 0 Å². The second-order valence-corrected chi connectivity index (χ2v) is 14.2. The monoisotopic (exact) mass is 532 g/mol. The summed E-state index contributed by atoms with van der Waals surface area (Å²) in [6, 6.07) is 32.4. The molecular weight excluding hydrogens is 513 g/mol. The lowest BCUT2D eigenvalue weighted by molar-refractivity contribution is 1.66. The fourth-order valence-corrected chi connectivity index (χ4v) is 9.38.